The number of carboxylic acids is 1. The topological polar surface area (TPSA) is 75.8 Å². The number of hydrogen-bond donors (Lipinski definition) is 2. The lowest BCUT2D eigenvalue weighted by atomic mass is 10.1. The molecule has 5 heteroatoms. The average Bonchev–Trinajstić information content (AvgIpc) is 2.37. The summed E-state index contributed by atoms with van der Waals surface area (Å²) in [7, 11) is 0. The molecule has 1 aromatic carbocycles. The molecule has 1 rings (SSSR count). The number of nitrogens with two attached hydrogens (primary N) is 1. The van der Waals surface area contributed by atoms with Gasteiger partial charge in [-0.25, -0.2) is 4.79 Å². The summed E-state index contributed by atoms with van der Waals surface area (Å²) in [5.41, 5.74) is 6.87. The average molecular weight is 294 g/mol. The van der Waals surface area contributed by atoms with Crippen molar-refractivity contribution in [2.75, 3.05) is 18.9 Å². The van der Waals surface area contributed by atoms with Gasteiger partial charge in [-0.1, -0.05) is 0 Å². The van der Waals surface area contributed by atoms with Crippen LogP contribution in [0.3, 0.4) is 0 Å². The van der Waals surface area contributed by atoms with Crippen molar-refractivity contribution in [1.29, 1.82) is 0 Å². The highest BCUT2D eigenvalue weighted by molar-refractivity contribution is 5.95. The number of rotatable bonds is 7. The third-order valence-electron chi connectivity index (χ3n) is 3.54. The maximum Gasteiger partial charge on any atom is 0.337 e. The van der Waals surface area contributed by atoms with Crippen LogP contribution in [0.2, 0.25) is 0 Å². The zero-order valence-electron chi connectivity index (χ0n) is 13.5. The lowest BCUT2D eigenvalue weighted by Gasteiger charge is -2.30. The van der Waals surface area contributed by atoms with E-state index in [-0.39, 0.29) is 5.56 Å². The molecule has 118 valence electrons. The SMILES string of the molecule is Cc1cc(OCCN(C(C)C)C(C)C)cc(C(=O)O)c1N. The highest BCUT2D eigenvalue weighted by atomic mass is 16.5. The molecule has 0 fully saturated rings. The second-order valence-corrected chi connectivity index (χ2v) is 5.78. The van der Waals surface area contributed by atoms with Gasteiger partial charge in [0.1, 0.15) is 12.4 Å². The van der Waals surface area contributed by atoms with Crippen LogP contribution in [0.5, 0.6) is 5.75 Å². The molecule has 0 aliphatic carbocycles. The van der Waals surface area contributed by atoms with Crippen LogP contribution in [0.1, 0.15) is 43.6 Å². The molecule has 0 atom stereocenters. The second-order valence-electron chi connectivity index (χ2n) is 5.78. The van der Waals surface area contributed by atoms with Gasteiger partial charge in [-0.15, -0.1) is 0 Å². The van der Waals surface area contributed by atoms with Gasteiger partial charge >= 0.3 is 5.97 Å². The van der Waals surface area contributed by atoms with Crippen molar-refractivity contribution in [3.8, 4) is 5.75 Å². The van der Waals surface area contributed by atoms with Crippen molar-refractivity contribution in [1.82, 2.24) is 4.90 Å². The number of hydrogen-bond acceptors (Lipinski definition) is 4. The van der Waals surface area contributed by atoms with E-state index in [9.17, 15) is 4.79 Å². The summed E-state index contributed by atoms with van der Waals surface area (Å²) in [5, 5.41) is 9.13. The Labute approximate surface area is 126 Å². The van der Waals surface area contributed by atoms with E-state index in [1.54, 1.807) is 13.0 Å². The Morgan fingerprint density at radius 2 is 1.86 bits per heavy atom. The van der Waals surface area contributed by atoms with E-state index in [4.69, 9.17) is 15.6 Å². The predicted molar refractivity (Wildman–Crippen MR) is 85.0 cm³/mol. The van der Waals surface area contributed by atoms with Crippen molar-refractivity contribution >= 4 is 11.7 Å². The fourth-order valence-electron chi connectivity index (χ4n) is 2.41. The molecular weight excluding hydrogens is 268 g/mol. The van der Waals surface area contributed by atoms with Crippen LogP contribution in [0.4, 0.5) is 5.69 Å². The van der Waals surface area contributed by atoms with Crippen molar-refractivity contribution in [3.63, 3.8) is 0 Å². The lowest BCUT2D eigenvalue weighted by Crippen LogP contribution is -2.39. The zero-order valence-corrected chi connectivity index (χ0v) is 13.5. The first-order valence-corrected chi connectivity index (χ1v) is 7.26. The van der Waals surface area contributed by atoms with E-state index >= 15 is 0 Å². The molecule has 0 bridgehead atoms. The number of anilines is 1. The Morgan fingerprint density at radius 1 is 1.29 bits per heavy atom. The van der Waals surface area contributed by atoms with Crippen molar-refractivity contribution in [2.24, 2.45) is 0 Å². The summed E-state index contributed by atoms with van der Waals surface area (Å²) in [6, 6.07) is 4.14. The molecule has 21 heavy (non-hydrogen) atoms. The molecule has 1 aromatic rings. The van der Waals surface area contributed by atoms with Gasteiger partial charge < -0.3 is 15.6 Å². The molecule has 0 unspecified atom stereocenters. The number of carboxylic acid groups (broad SMARTS) is 1. The van der Waals surface area contributed by atoms with E-state index in [0.717, 1.165) is 12.1 Å². The molecule has 0 aromatic heterocycles. The van der Waals surface area contributed by atoms with Gasteiger partial charge in [0.25, 0.3) is 0 Å². The quantitative estimate of drug-likeness (QED) is 0.756. The Hall–Kier alpha value is -1.75. The number of benzene rings is 1. The molecule has 0 radical (unpaired) electrons. The van der Waals surface area contributed by atoms with Crippen LogP contribution in [-0.4, -0.2) is 41.2 Å². The van der Waals surface area contributed by atoms with Crippen LogP contribution in [-0.2, 0) is 0 Å². The maximum absolute atomic E-state index is 11.1. The lowest BCUT2D eigenvalue weighted by molar-refractivity contribution is 0.0697. The predicted octanol–water partition coefficient (Wildman–Crippen LogP) is 2.77. The molecule has 0 aliphatic heterocycles. The fraction of sp³-hybridized carbons (Fsp3) is 0.562. The minimum absolute atomic E-state index is 0.0922. The molecule has 0 aliphatic rings. The van der Waals surface area contributed by atoms with Crippen molar-refractivity contribution in [2.45, 2.75) is 46.7 Å². The Kier molecular flexibility index (Phi) is 6.03. The molecule has 5 nitrogen and oxygen atoms in total. The van der Waals surface area contributed by atoms with Crippen molar-refractivity contribution < 1.29 is 14.6 Å². The van der Waals surface area contributed by atoms with E-state index in [1.807, 2.05) is 0 Å². The molecule has 0 spiro atoms. The first-order valence-electron chi connectivity index (χ1n) is 7.26. The standard InChI is InChI=1S/C16H26N2O3/c1-10(2)18(11(3)4)6-7-21-13-8-12(5)15(17)14(9-13)16(19)20/h8-11H,6-7,17H2,1-5H3,(H,19,20). The molecule has 0 heterocycles. The van der Waals surface area contributed by atoms with Crippen LogP contribution in [0, 0.1) is 6.92 Å². The van der Waals surface area contributed by atoms with E-state index < -0.39 is 5.97 Å². The first kappa shape index (κ1) is 17.3. The highest BCUT2D eigenvalue weighted by Gasteiger charge is 2.15. The van der Waals surface area contributed by atoms with Crippen molar-refractivity contribution in [3.05, 3.63) is 23.3 Å². The minimum Gasteiger partial charge on any atom is -0.492 e. The molecular formula is C16H26N2O3. The Bertz CT molecular complexity index is 491. The van der Waals surface area contributed by atoms with Gasteiger partial charge in [0.15, 0.2) is 0 Å². The zero-order chi connectivity index (χ0) is 16.2. The van der Waals surface area contributed by atoms with Crippen LogP contribution in [0.25, 0.3) is 0 Å². The van der Waals surface area contributed by atoms with Gasteiger partial charge in [-0.2, -0.15) is 0 Å². The maximum atomic E-state index is 11.1. The summed E-state index contributed by atoms with van der Waals surface area (Å²) in [5.74, 6) is -0.487. The highest BCUT2D eigenvalue weighted by Crippen LogP contribution is 2.24. The molecule has 0 saturated heterocycles. The number of nitrogens with zero attached hydrogens (tertiary/aromatic N) is 1. The minimum atomic E-state index is -1.04. The summed E-state index contributed by atoms with van der Waals surface area (Å²) in [4.78, 5) is 13.5. The van der Waals surface area contributed by atoms with Gasteiger partial charge in [-0.3, -0.25) is 4.90 Å². The third-order valence-corrected chi connectivity index (χ3v) is 3.54. The van der Waals surface area contributed by atoms with Crippen LogP contribution in [0.15, 0.2) is 12.1 Å². The molecule has 0 saturated carbocycles. The van der Waals surface area contributed by atoms with Crippen LogP contribution < -0.4 is 10.5 Å². The van der Waals surface area contributed by atoms with E-state index in [1.165, 1.54) is 6.07 Å². The van der Waals surface area contributed by atoms with Gasteiger partial charge in [0, 0.05) is 24.3 Å². The summed E-state index contributed by atoms with van der Waals surface area (Å²) in [6.45, 7) is 11.7. The monoisotopic (exact) mass is 294 g/mol. The molecule has 0 amide bonds. The fourth-order valence-corrected chi connectivity index (χ4v) is 2.41. The Balaban J connectivity index is 2.74. The first-order chi connectivity index (χ1) is 9.73. The number of aromatic carboxylic acids is 1. The number of aryl methyl sites for hydroxylation is 1. The Morgan fingerprint density at radius 3 is 2.33 bits per heavy atom. The summed E-state index contributed by atoms with van der Waals surface area (Å²) < 4.78 is 5.70. The van der Waals surface area contributed by atoms with Gasteiger partial charge in [0.2, 0.25) is 0 Å². The number of ether oxygens (including phenoxy) is 1. The smallest absolute Gasteiger partial charge is 0.337 e. The summed E-state index contributed by atoms with van der Waals surface area (Å²) >= 11 is 0. The van der Waals surface area contributed by atoms with Crippen LogP contribution >= 0.6 is 0 Å². The largest absolute Gasteiger partial charge is 0.492 e. The third kappa shape index (κ3) is 4.63. The van der Waals surface area contributed by atoms with E-state index in [0.29, 0.717) is 30.1 Å². The van der Waals surface area contributed by atoms with Gasteiger partial charge in [0.05, 0.1) is 5.56 Å². The van der Waals surface area contributed by atoms with E-state index in [2.05, 4.69) is 32.6 Å². The van der Waals surface area contributed by atoms with Gasteiger partial charge in [-0.05, 0) is 52.3 Å². The number of carbonyl (C=O) groups is 1. The molecule has 3 N–H and O–H groups in total. The second kappa shape index (κ2) is 7.31. The number of nitrogen functional groups attached to an aromatic ring is 1. The summed E-state index contributed by atoms with van der Waals surface area (Å²) in [6.07, 6.45) is 0. The normalized spacial score (nSPS) is 11.4.